The van der Waals surface area contributed by atoms with Gasteiger partial charge in [-0.1, -0.05) is 31.0 Å². The van der Waals surface area contributed by atoms with Crippen LogP contribution in [0.1, 0.15) is 60.9 Å². The zero-order chi connectivity index (χ0) is 28.8. The topological polar surface area (TPSA) is 61.4 Å². The molecule has 2 aliphatic rings. The van der Waals surface area contributed by atoms with Crippen LogP contribution in [0.2, 0.25) is 0 Å². The fourth-order valence-corrected chi connectivity index (χ4v) is 5.83. The van der Waals surface area contributed by atoms with E-state index < -0.39 is 11.7 Å². The highest BCUT2D eigenvalue weighted by Crippen LogP contribution is 2.30. The zero-order valence-electron chi connectivity index (χ0n) is 23.3. The summed E-state index contributed by atoms with van der Waals surface area (Å²) < 4.78 is 38.8. The third-order valence-corrected chi connectivity index (χ3v) is 8.07. The molecule has 6 nitrogen and oxygen atoms in total. The van der Waals surface area contributed by atoms with Gasteiger partial charge in [-0.2, -0.15) is 13.2 Å². The number of halogens is 3. The number of alkyl halides is 3. The van der Waals surface area contributed by atoms with E-state index in [-0.39, 0.29) is 11.9 Å². The van der Waals surface area contributed by atoms with Gasteiger partial charge in [-0.15, -0.1) is 0 Å². The molecule has 2 aromatic heterocycles. The maximum absolute atomic E-state index is 13.5. The van der Waals surface area contributed by atoms with Gasteiger partial charge >= 0.3 is 6.18 Å². The summed E-state index contributed by atoms with van der Waals surface area (Å²) >= 11 is 0. The molecule has 1 saturated carbocycles. The normalized spacial score (nSPS) is 17.3. The number of aryl methyl sites for hydroxylation is 1. The van der Waals surface area contributed by atoms with Gasteiger partial charge in [0.2, 0.25) is 5.91 Å². The Morgan fingerprint density at radius 2 is 1.76 bits per heavy atom. The number of likely N-dealkylation sites (tertiary alicyclic amines) is 1. The predicted octanol–water partition coefficient (Wildman–Crippen LogP) is 7.00. The fraction of sp³-hybridized carbons (Fsp3) is 0.406. The summed E-state index contributed by atoms with van der Waals surface area (Å²) in [5.74, 6) is 0.544. The largest absolute Gasteiger partial charge is 0.416 e. The number of pyridine rings is 2. The van der Waals surface area contributed by atoms with E-state index in [9.17, 15) is 18.0 Å². The van der Waals surface area contributed by atoms with Crippen molar-refractivity contribution in [3.8, 4) is 0 Å². The maximum atomic E-state index is 13.5. The molecule has 216 valence electrons. The second-order valence-corrected chi connectivity index (χ2v) is 11.0. The van der Waals surface area contributed by atoms with Gasteiger partial charge in [0.25, 0.3) is 0 Å². The SMILES string of the molecule is Cc1cc(Nc2ccc(CN(C(=O)C=Cc3ccc(C(F)(F)F)cc3)C3CCN(C4CCCC4)CC3)cn2)ccn1. The van der Waals surface area contributed by atoms with Crippen LogP contribution >= 0.6 is 0 Å². The molecule has 5 rings (SSSR count). The fourth-order valence-electron chi connectivity index (χ4n) is 5.83. The van der Waals surface area contributed by atoms with Crippen molar-refractivity contribution in [1.82, 2.24) is 19.8 Å². The van der Waals surface area contributed by atoms with Gasteiger partial charge in [0.1, 0.15) is 5.82 Å². The number of rotatable bonds is 8. The third-order valence-electron chi connectivity index (χ3n) is 8.07. The van der Waals surface area contributed by atoms with Crippen molar-refractivity contribution < 1.29 is 18.0 Å². The molecule has 1 aliphatic carbocycles. The minimum absolute atomic E-state index is 0.0787. The molecular formula is C32H36F3N5O. The Hall–Kier alpha value is -3.72. The number of carbonyl (C=O) groups is 1. The maximum Gasteiger partial charge on any atom is 0.416 e. The molecule has 9 heteroatoms. The molecule has 1 amide bonds. The molecule has 0 spiro atoms. The molecule has 1 N–H and O–H groups in total. The summed E-state index contributed by atoms with van der Waals surface area (Å²) in [5, 5.41) is 3.28. The molecule has 1 aliphatic heterocycles. The van der Waals surface area contributed by atoms with Crippen LogP contribution < -0.4 is 5.32 Å². The van der Waals surface area contributed by atoms with E-state index in [1.54, 1.807) is 18.5 Å². The van der Waals surface area contributed by atoms with Crippen molar-refractivity contribution in [2.45, 2.75) is 70.3 Å². The van der Waals surface area contributed by atoms with E-state index in [1.807, 2.05) is 36.1 Å². The molecule has 3 aromatic rings. The number of piperidine rings is 1. The smallest absolute Gasteiger partial charge is 0.340 e. The Labute approximate surface area is 239 Å². The number of carbonyl (C=O) groups excluding carboxylic acids is 1. The quantitative estimate of drug-likeness (QED) is 0.299. The molecule has 2 fully saturated rings. The van der Waals surface area contributed by atoms with Gasteiger partial charge in [-0.05, 0) is 80.1 Å². The minimum atomic E-state index is -4.39. The van der Waals surface area contributed by atoms with Crippen molar-refractivity contribution in [2.75, 3.05) is 18.4 Å². The van der Waals surface area contributed by atoms with Gasteiger partial charge in [-0.25, -0.2) is 4.98 Å². The minimum Gasteiger partial charge on any atom is -0.340 e. The van der Waals surface area contributed by atoms with Gasteiger partial charge in [-0.3, -0.25) is 9.78 Å². The highest BCUT2D eigenvalue weighted by atomic mass is 19.4. The van der Waals surface area contributed by atoms with E-state index >= 15 is 0 Å². The lowest BCUT2D eigenvalue weighted by atomic mass is 10.00. The van der Waals surface area contributed by atoms with E-state index in [2.05, 4.69) is 20.2 Å². The van der Waals surface area contributed by atoms with Crippen LogP contribution in [0.3, 0.4) is 0 Å². The average molecular weight is 564 g/mol. The third kappa shape index (κ3) is 7.73. The lowest BCUT2D eigenvalue weighted by molar-refractivity contribution is -0.137. The number of hydrogen-bond donors (Lipinski definition) is 1. The van der Waals surface area contributed by atoms with Gasteiger partial charge < -0.3 is 15.1 Å². The van der Waals surface area contributed by atoms with E-state index in [4.69, 9.17) is 0 Å². The Bertz CT molecular complexity index is 1330. The molecule has 0 bridgehead atoms. The van der Waals surface area contributed by atoms with Crippen LogP contribution in [0, 0.1) is 6.92 Å². The van der Waals surface area contributed by atoms with Crippen LogP contribution in [0.5, 0.6) is 0 Å². The van der Waals surface area contributed by atoms with E-state index in [0.717, 1.165) is 55.0 Å². The second-order valence-electron chi connectivity index (χ2n) is 11.0. The van der Waals surface area contributed by atoms with Gasteiger partial charge in [0, 0.05) is 61.6 Å². The molecule has 1 saturated heterocycles. The summed E-state index contributed by atoms with van der Waals surface area (Å²) in [6.07, 6.45) is 9.09. The standard InChI is InChI=1S/C32H36F3N5O/c1-23-20-27(14-17-36-23)38-30-12-8-25(21-37-30)22-40(29-15-18-39(19-16-29)28-4-2-3-5-28)31(41)13-9-24-6-10-26(11-7-24)32(33,34)35/h6-14,17,20-21,28-29H,2-5,15-16,18-19,22H2,1H3,(H,36,37,38). The first kappa shape index (κ1) is 28.8. The van der Waals surface area contributed by atoms with Crippen molar-refractivity contribution in [1.29, 1.82) is 0 Å². The van der Waals surface area contributed by atoms with Crippen LogP contribution in [0.25, 0.3) is 6.08 Å². The lowest BCUT2D eigenvalue weighted by Gasteiger charge is -2.40. The average Bonchev–Trinajstić information content (AvgIpc) is 3.51. The number of nitrogens with one attached hydrogen (secondary N) is 1. The number of nitrogens with zero attached hydrogens (tertiary/aromatic N) is 4. The lowest BCUT2D eigenvalue weighted by Crippen LogP contribution is -2.48. The van der Waals surface area contributed by atoms with Crippen LogP contribution in [0.4, 0.5) is 24.7 Å². The van der Waals surface area contributed by atoms with Crippen molar-refractivity contribution >= 4 is 23.5 Å². The summed E-state index contributed by atoms with van der Waals surface area (Å²) in [6, 6.07) is 13.3. The number of hydrogen-bond acceptors (Lipinski definition) is 5. The van der Waals surface area contributed by atoms with Gasteiger partial charge in [0.05, 0.1) is 5.56 Å². The molecule has 0 atom stereocenters. The summed E-state index contributed by atoms with van der Waals surface area (Å²) in [6.45, 7) is 4.27. The first-order valence-electron chi connectivity index (χ1n) is 14.3. The molecule has 41 heavy (non-hydrogen) atoms. The Balaban J connectivity index is 1.28. The summed E-state index contributed by atoms with van der Waals surface area (Å²) in [5.41, 5.74) is 2.56. The molecular weight excluding hydrogens is 527 g/mol. The van der Waals surface area contributed by atoms with E-state index in [0.29, 0.717) is 24.0 Å². The predicted molar refractivity (Wildman–Crippen MR) is 154 cm³/mol. The highest BCUT2D eigenvalue weighted by molar-refractivity contribution is 5.92. The Kier molecular flexibility index (Phi) is 9.03. The Morgan fingerprint density at radius 1 is 1.02 bits per heavy atom. The number of anilines is 2. The van der Waals surface area contributed by atoms with Crippen LogP contribution in [-0.4, -0.2) is 50.8 Å². The zero-order valence-corrected chi connectivity index (χ0v) is 23.3. The highest BCUT2D eigenvalue weighted by Gasteiger charge is 2.32. The second kappa shape index (κ2) is 12.9. The van der Waals surface area contributed by atoms with Crippen molar-refractivity contribution in [3.05, 3.63) is 89.4 Å². The van der Waals surface area contributed by atoms with Crippen LogP contribution in [-0.2, 0) is 17.5 Å². The Morgan fingerprint density at radius 3 is 2.39 bits per heavy atom. The molecule has 0 radical (unpaired) electrons. The monoisotopic (exact) mass is 563 g/mol. The number of aromatic nitrogens is 2. The summed E-state index contributed by atoms with van der Waals surface area (Å²) in [7, 11) is 0. The molecule has 3 heterocycles. The first-order valence-corrected chi connectivity index (χ1v) is 14.3. The van der Waals surface area contributed by atoms with Gasteiger partial charge in [0.15, 0.2) is 0 Å². The summed E-state index contributed by atoms with van der Waals surface area (Å²) in [4.78, 5) is 26.8. The molecule has 0 unspecified atom stereocenters. The van der Waals surface area contributed by atoms with Crippen LogP contribution in [0.15, 0.2) is 67.0 Å². The first-order chi connectivity index (χ1) is 19.7. The number of benzene rings is 1. The van der Waals surface area contributed by atoms with Crippen molar-refractivity contribution in [3.63, 3.8) is 0 Å². The molecule has 1 aromatic carbocycles. The number of amides is 1. The van der Waals surface area contributed by atoms with E-state index in [1.165, 1.54) is 43.9 Å². The van der Waals surface area contributed by atoms with Crippen molar-refractivity contribution in [2.24, 2.45) is 0 Å².